The minimum atomic E-state index is -0.400. The zero-order valence-corrected chi connectivity index (χ0v) is 16.9. The highest BCUT2D eigenvalue weighted by atomic mass is 32.1. The predicted molar refractivity (Wildman–Crippen MR) is 112 cm³/mol. The van der Waals surface area contributed by atoms with Crippen molar-refractivity contribution in [2.24, 2.45) is 0 Å². The fraction of sp³-hybridized carbons (Fsp3) is 0.136. The summed E-state index contributed by atoms with van der Waals surface area (Å²) >= 11 is 1.54. The van der Waals surface area contributed by atoms with Gasteiger partial charge >= 0.3 is 6.03 Å². The van der Waals surface area contributed by atoms with E-state index < -0.39 is 6.04 Å². The topological polar surface area (TPSA) is 84.4 Å². The first-order valence-corrected chi connectivity index (χ1v) is 10.3. The van der Waals surface area contributed by atoms with Crippen LogP contribution in [0.2, 0.25) is 0 Å². The quantitative estimate of drug-likeness (QED) is 0.488. The lowest BCUT2D eigenvalue weighted by molar-refractivity contribution is 0.199. The summed E-state index contributed by atoms with van der Waals surface area (Å²) in [5, 5.41) is 9.20. The maximum Gasteiger partial charge on any atom is 0.322 e. The number of carbonyl (C=O) groups is 1. The minimum Gasteiger partial charge on any atom is -0.467 e. The lowest BCUT2D eigenvalue weighted by Crippen LogP contribution is -2.45. The number of amides is 2. The van der Waals surface area contributed by atoms with Crippen molar-refractivity contribution in [3.05, 3.63) is 89.2 Å². The average Bonchev–Trinajstić information content (AvgIpc) is 3.54. The van der Waals surface area contributed by atoms with Crippen molar-refractivity contribution in [2.75, 3.05) is 0 Å². The Hall–Kier alpha value is -3.65. The summed E-state index contributed by atoms with van der Waals surface area (Å²) in [5.41, 5.74) is 2.45. The van der Waals surface area contributed by atoms with E-state index in [0.29, 0.717) is 24.0 Å². The fourth-order valence-corrected chi connectivity index (χ4v) is 4.19. The van der Waals surface area contributed by atoms with Gasteiger partial charge in [0.25, 0.3) is 5.89 Å². The summed E-state index contributed by atoms with van der Waals surface area (Å²) in [4.78, 5) is 20.1. The van der Waals surface area contributed by atoms with E-state index in [0.717, 1.165) is 21.7 Å². The molecular weight excluding hydrogens is 400 g/mol. The molecule has 7 nitrogen and oxygen atoms in total. The molecule has 0 bridgehead atoms. The number of allylic oxidation sites excluding steroid dienone is 1. The van der Waals surface area contributed by atoms with E-state index in [9.17, 15) is 4.79 Å². The van der Waals surface area contributed by atoms with Gasteiger partial charge in [0.2, 0.25) is 5.82 Å². The lowest BCUT2D eigenvalue weighted by atomic mass is 9.94. The van der Waals surface area contributed by atoms with Crippen LogP contribution >= 0.6 is 11.3 Å². The predicted octanol–water partition coefficient (Wildman–Crippen LogP) is 5.09. The normalized spacial score (nSPS) is 16.8. The molecule has 30 heavy (non-hydrogen) atoms. The SMILES string of the molecule is CC1=C(c2nc(-c3cccs3)no2)C(c2ccccc2)NC(=O)N1Cc1ccco1. The van der Waals surface area contributed by atoms with Crippen LogP contribution in [0.4, 0.5) is 4.79 Å². The van der Waals surface area contributed by atoms with Gasteiger partial charge in [-0.3, -0.25) is 4.90 Å². The van der Waals surface area contributed by atoms with Gasteiger partial charge in [0.05, 0.1) is 29.3 Å². The molecule has 1 aliphatic rings. The first-order valence-electron chi connectivity index (χ1n) is 9.45. The van der Waals surface area contributed by atoms with Crippen LogP contribution in [0.1, 0.15) is 30.2 Å². The van der Waals surface area contributed by atoms with Crippen LogP contribution in [0, 0.1) is 0 Å². The molecule has 150 valence electrons. The Balaban J connectivity index is 1.61. The van der Waals surface area contributed by atoms with E-state index in [4.69, 9.17) is 8.94 Å². The second-order valence-corrected chi connectivity index (χ2v) is 7.81. The van der Waals surface area contributed by atoms with Crippen molar-refractivity contribution < 1.29 is 13.7 Å². The maximum absolute atomic E-state index is 13.0. The van der Waals surface area contributed by atoms with Crippen molar-refractivity contribution in [3.8, 4) is 10.7 Å². The third kappa shape index (κ3) is 3.31. The van der Waals surface area contributed by atoms with Crippen LogP contribution in [-0.2, 0) is 6.54 Å². The van der Waals surface area contributed by atoms with Gasteiger partial charge in [0.15, 0.2) is 0 Å². The molecule has 1 unspecified atom stereocenters. The van der Waals surface area contributed by atoms with E-state index >= 15 is 0 Å². The van der Waals surface area contributed by atoms with E-state index in [2.05, 4.69) is 15.5 Å². The van der Waals surface area contributed by atoms with E-state index in [1.54, 1.807) is 28.6 Å². The van der Waals surface area contributed by atoms with Gasteiger partial charge in [-0.25, -0.2) is 4.79 Å². The molecule has 0 aliphatic carbocycles. The van der Waals surface area contributed by atoms with Crippen LogP contribution in [0.15, 0.2) is 80.9 Å². The van der Waals surface area contributed by atoms with Gasteiger partial charge in [-0.1, -0.05) is 41.6 Å². The van der Waals surface area contributed by atoms with E-state index in [1.807, 2.05) is 60.8 Å². The molecule has 3 aromatic heterocycles. The zero-order valence-electron chi connectivity index (χ0n) is 16.1. The first-order chi connectivity index (χ1) is 14.7. The highest BCUT2D eigenvalue weighted by Crippen LogP contribution is 2.38. The van der Waals surface area contributed by atoms with Gasteiger partial charge in [0.1, 0.15) is 5.76 Å². The molecular formula is C22H18N4O3S. The zero-order chi connectivity index (χ0) is 20.5. The number of benzene rings is 1. The Morgan fingerprint density at radius 1 is 1.13 bits per heavy atom. The number of rotatable bonds is 5. The molecule has 4 heterocycles. The molecule has 1 aliphatic heterocycles. The highest BCUT2D eigenvalue weighted by Gasteiger charge is 2.36. The van der Waals surface area contributed by atoms with E-state index in [1.165, 1.54) is 0 Å². The third-order valence-corrected chi connectivity index (χ3v) is 5.89. The molecule has 8 heteroatoms. The molecule has 2 amide bonds. The van der Waals surface area contributed by atoms with Crippen LogP contribution in [0.5, 0.6) is 0 Å². The highest BCUT2D eigenvalue weighted by molar-refractivity contribution is 7.13. The molecule has 4 aromatic rings. The summed E-state index contributed by atoms with van der Waals surface area (Å²) in [7, 11) is 0. The Bertz CT molecular complexity index is 1180. The van der Waals surface area contributed by atoms with E-state index in [-0.39, 0.29) is 6.03 Å². The van der Waals surface area contributed by atoms with Crippen molar-refractivity contribution in [1.82, 2.24) is 20.4 Å². The standard InChI is InChI=1S/C22H18N4O3S/c1-14-18(21-24-20(25-29-21)17-10-6-12-30-17)19(15-7-3-2-4-8-15)23-22(27)26(14)13-16-9-5-11-28-16/h2-12,19H,13H2,1H3,(H,23,27). The second kappa shape index (κ2) is 7.64. The van der Waals surface area contributed by atoms with Gasteiger partial charge < -0.3 is 14.3 Å². The maximum atomic E-state index is 13.0. The number of nitrogens with one attached hydrogen (secondary N) is 1. The van der Waals surface area contributed by atoms with Crippen molar-refractivity contribution in [3.63, 3.8) is 0 Å². The van der Waals surface area contributed by atoms with Crippen LogP contribution in [0.25, 0.3) is 16.3 Å². The molecule has 1 aromatic carbocycles. The molecule has 0 fully saturated rings. The molecule has 5 rings (SSSR count). The molecule has 0 saturated heterocycles. The summed E-state index contributed by atoms with van der Waals surface area (Å²) < 4.78 is 11.1. The minimum absolute atomic E-state index is 0.209. The Morgan fingerprint density at radius 3 is 2.73 bits per heavy atom. The van der Waals surface area contributed by atoms with Crippen molar-refractivity contribution in [2.45, 2.75) is 19.5 Å². The van der Waals surface area contributed by atoms with Gasteiger partial charge in [0, 0.05) is 5.70 Å². The number of carbonyl (C=O) groups excluding carboxylic acids is 1. The number of nitrogens with zero attached hydrogens (tertiary/aromatic N) is 3. The molecule has 1 atom stereocenters. The van der Waals surface area contributed by atoms with Crippen molar-refractivity contribution >= 4 is 22.9 Å². The summed E-state index contributed by atoms with van der Waals surface area (Å²) in [6, 6.07) is 16.7. The monoisotopic (exact) mass is 418 g/mol. The van der Waals surface area contributed by atoms with Crippen LogP contribution in [-0.4, -0.2) is 21.1 Å². The Morgan fingerprint density at radius 2 is 2.00 bits per heavy atom. The lowest BCUT2D eigenvalue weighted by Gasteiger charge is -2.34. The smallest absolute Gasteiger partial charge is 0.322 e. The molecule has 1 N–H and O–H groups in total. The number of hydrogen-bond donors (Lipinski definition) is 1. The van der Waals surface area contributed by atoms with Crippen molar-refractivity contribution in [1.29, 1.82) is 0 Å². The molecule has 0 spiro atoms. The largest absolute Gasteiger partial charge is 0.467 e. The van der Waals surface area contributed by atoms with Gasteiger partial charge in [-0.05, 0) is 36.1 Å². The number of urea groups is 1. The number of hydrogen-bond acceptors (Lipinski definition) is 6. The third-order valence-electron chi connectivity index (χ3n) is 5.02. The summed E-state index contributed by atoms with van der Waals surface area (Å²) in [5.74, 6) is 1.60. The number of furan rings is 1. The van der Waals surface area contributed by atoms with Gasteiger partial charge in [-0.2, -0.15) is 4.98 Å². The number of thiophene rings is 1. The molecule has 0 saturated carbocycles. The number of aromatic nitrogens is 2. The summed E-state index contributed by atoms with van der Waals surface area (Å²) in [6.45, 7) is 2.20. The Labute approximate surface area is 176 Å². The average molecular weight is 418 g/mol. The van der Waals surface area contributed by atoms with Crippen LogP contribution < -0.4 is 5.32 Å². The Kier molecular flexibility index (Phi) is 4.68. The first kappa shape index (κ1) is 18.4. The van der Waals surface area contributed by atoms with Crippen LogP contribution in [0.3, 0.4) is 0 Å². The second-order valence-electron chi connectivity index (χ2n) is 6.86. The summed E-state index contributed by atoms with van der Waals surface area (Å²) in [6.07, 6.45) is 1.59. The molecule has 0 radical (unpaired) electrons. The van der Waals surface area contributed by atoms with Gasteiger partial charge in [-0.15, -0.1) is 11.3 Å². The fourth-order valence-electron chi connectivity index (χ4n) is 3.54.